The summed E-state index contributed by atoms with van der Waals surface area (Å²) in [6.07, 6.45) is 13.6. The summed E-state index contributed by atoms with van der Waals surface area (Å²) in [5.74, 6) is 3.16. The van der Waals surface area contributed by atoms with Gasteiger partial charge >= 0.3 is 0 Å². The molecule has 1 N–H and O–H groups in total. The van der Waals surface area contributed by atoms with Crippen LogP contribution in [0, 0.1) is 34.5 Å². The van der Waals surface area contributed by atoms with Crippen molar-refractivity contribution in [2.45, 2.75) is 78.1 Å². The van der Waals surface area contributed by atoms with E-state index in [0.717, 1.165) is 24.2 Å². The van der Waals surface area contributed by atoms with E-state index in [9.17, 15) is 5.21 Å². The number of fused-ring (bicyclic) bond motifs is 5. The van der Waals surface area contributed by atoms with Crippen LogP contribution in [0.3, 0.4) is 0 Å². The first kappa shape index (κ1) is 14.1. The Morgan fingerprint density at radius 2 is 1.86 bits per heavy atom. The van der Waals surface area contributed by atoms with Gasteiger partial charge in [-0.25, -0.2) is 0 Å². The van der Waals surface area contributed by atoms with E-state index in [4.69, 9.17) is 0 Å². The highest BCUT2D eigenvalue weighted by molar-refractivity contribution is 5.89. The van der Waals surface area contributed by atoms with Crippen LogP contribution >= 0.6 is 0 Å². The number of nitrogens with zero attached hydrogens (tertiary/aromatic N) is 1. The average molecular weight is 289 g/mol. The molecule has 4 rings (SSSR count). The molecule has 21 heavy (non-hydrogen) atoms. The van der Waals surface area contributed by atoms with Gasteiger partial charge in [-0.1, -0.05) is 38.3 Å². The van der Waals surface area contributed by atoms with Gasteiger partial charge in [-0.15, -0.1) is 0 Å². The van der Waals surface area contributed by atoms with E-state index in [1.165, 1.54) is 63.5 Å². The summed E-state index contributed by atoms with van der Waals surface area (Å²) in [6, 6.07) is 0. The van der Waals surface area contributed by atoms with Crippen LogP contribution in [0.1, 0.15) is 78.1 Å². The fourth-order valence-corrected chi connectivity index (χ4v) is 7.26. The van der Waals surface area contributed by atoms with Crippen LogP contribution in [0.4, 0.5) is 0 Å². The maximum Gasteiger partial charge on any atom is 0.0615 e. The van der Waals surface area contributed by atoms with Gasteiger partial charge in [0.05, 0.1) is 5.71 Å². The molecule has 4 aliphatic carbocycles. The largest absolute Gasteiger partial charge is 0.411 e. The Bertz CT molecular complexity index is 458. The van der Waals surface area contributed by atoms with Crippen LogP contribution in [0.15, 0.2) is 5.16 Å². The highest BCUT2D eigenvalue weighted by Crippen LogP contribution is 2.65. The molecule has 118 valence electrons. The zero-order chi connectivity index (χ0) is 14.7. The minimum atomic E-state index is 0.423. The maximum absolute atomic E-state index is 9.76. The molecular weight excluding hydrogens is 258 g/mol. The van der Waals surface area contributed by atoms with Crippen molar-refractivity contribution < 1.29 is 5.21 Å². The first-order chi connectivity index (χ1) is 10.1. The molecule has 0 spiro atoms. The van der Waals surface area contributed by atoms with Crippen molar-refractivity contribution in [3.8, 4) is 0 Å². The van der Waals surface area contributed by atoms with Crippen molar-refractivity contribution >= 4 is 5.71 Å². The molecule has 0 aliphatic heterocycles. The van der Waals surface area contributed by atoms with Gasteiger partial charge in [0.25, 0.3) is 0 Å². The van der Waals surface area contributed by atoms with E-state index in [1.807, 2.05) is 0 Å². The zero-order valence-corrected chi connectivity index (χ0v) is 13.8. The summed E-state index contributed by atoms with van der Waals surface area (Å²) in [4.78, 5) is 0. The molecule has 0 aromatic heterocycles. The highest BCUT2D eigenvalue weighted by atomic mass is 16.4. The van der Waals surface area contributed by atoms with Gasteiger partial charge in [-0.05, 0) is 73.5 Å². The van der Waals surface area contributed by atoms with Crippen LogP contribution in [-0.4, -0.2) is 10.9 Å². The third kappa shape index (κ3) is 1.86. The van der Waals surface area contributed by atoms with Gasteiger partial charge < -0.3 is 5.21 Å². The Labute approximate surface area is 129 Å². The maximum atomic E-state index is 9.76. The standard InChI is InChI=1S/C19H31NO/c1-18-10-5-7-15(18)14-9-8-13-6-3-4-11-19(13,2)17(14)16(12-18)20-21/h13-15,17,21H,3-12H2,1-2H3/b20-16+. The van der Waals surface area contributed by atoms with E-state index >= 15 is 0 Å². The first-order valence-electron chi connectivity index (χ1n) is 9.29. The van der Waals surface area contributed by atoms with Gasteiger partial charge in [0.2, 0.25) is 0 Å². The molecule has 0 heterocycles. The molecule has 0 aromatic rings. The highest BCUT2D eigenvalue weighted by Gasteiger charge is 2.59. The Morgan fingerprint density at radius 1 is 1.00 bits per heavy atom. The molecule has 4 saturated carbocycles. The number of rotatable bonds is 0. The second kappa shape index (κ2) is 4.73. The summed E-state index contributed by atoms with van der Waals surface area (Å²) in [6.45, 7) is 5.01. The number of hydrogen-bond acceptors (Lipinski definition) is 2. The van der Waals surface area contributed by atoms with E-state index in [1.54, 1.807) is 0 Å². The molecule has 0 aromatic carbocycles. The summed E-state index contributed by atoms with van der Waals surface area (Å²) < 4.78 is 0. The second-order valence-corrected chi connectivity index (χ2v) is 9.09. The summed E-state index contributed by atoms with van der Waals surface area (Å²) >= 11 is 0. The fourth-order valence-electron chi connectivity index (χ4n) is 7.26. The average Bonchev–Trinajstić information content (AvgIpc) is 2.87. The van der Waals surface area contributed by atoms with Gasteiger partial charge in [-0.3, -0.25) is 0 Å². The summed E-state index contributed by atoms with van der Waals surface area (Å²) in [5.41, 5.74) is 2.03. The van der Waals surface area contributed by atoms with Gasteiger partial charge in [0.15, 0.2) is 0 Å². The lowest BCUT2D eigenvalue weighted by molar-refractivity contribution is -0.0527. The normalized spacial score (nSPS) is 54.9. The molecule has 6 unspecified atom stereocenters. The molecular formula is C19H31NO. The molecule has 0 radical (unpaired) electrons. The van der Waals surface area contributed by atoms with E-state index in [-0.39, 0.29) is 0 Å². The lowest BCUT2D eigenvalue weighted by atomic mass is 9.45. The second-order valence-electron chi connectivity index (χ2n) is 9.09. The third-order valence-corrected chi connectivity index (χ3v) is 8.19. The predicted molar refractivity (Wildman–Crippen MR) is 85.6 cm³/mol. The third-order valence-electron chi connectivity index (χ3n) is 8.19. The molecule has 0 bridgehead atoms. The Hall–Kier alpha value is -0.530. The van der Waals surface area contributed by atoms with E-state index in [2.05, 4.69) is 19.0 Å². The Kier molecular flexibility index (Phi) is 3.17. The SMILES string of the molecule is CC12CCCC1C1CCC3CCCCC3(C)C1/C(=N/O)C2. The first-order valence-corrected chi connectivity index (χ1v) is 9.29. The van der Waals surface area contributed by atoms with Crippen LogP contribution in [0.2, 0.25) is 0 Å². The summed E-state index contributed by atoms with van der Waals surface area (Å²) in [7, 11) is 0. The van der Waals surface area contributed by atoms with Crippen molar-refractivity contribution in [3.05, 3.63) is 0 Å². The summed E-state index contributed by atoms with van der Waals surface area (Å²) in [5, 5.41) is 13.6. The smallest absolute Gasteiger partial charge is 0.0615 e. The van der Waals surface area contributed by atoms with Crippen LogP contribution in [-0.2, 0) is 0 Å². The van der Waals surface area contributed by atoms with Crippen molar-refractivity contribution in [1.82, 2.24) is 0 Å². The number of oxime groups is 1. The molecule has 0 saturated heterocycles. The van der Waals surface area contributed by atoms with Gasteiger partial charge in [0, 0.05) is 5.92 Å². The lowest BCUT2D eigenvalue weighted by Crippen LogP contribution is -2.55. The van der Waals surface area contributed by atoms with Crippen LogP contribution in [0.25, 0.3) is 0 Å². The zero-order valence-electron chi connectivity index (χ0n) is 13.8. The molecule has 4 aliphatic rings. The Morgan fingerprint density at radius 3 is 2.67 bits per heavy atom. The fraction of sp³-hybridized carbons (Fsp3) is 0.947. The topological polar surface area (TPSA) is 32.6 Å². The van der Waals surface area contributed by atoms with Crippen LogP contribution < -0.4 is 0 Å². The lowest BCUT2D eigenvalue weighted by Gasteiger charge is -2.59. The van der Waals surface area contributed by atoms with Gasteiger partial charge in [-0.2, -0.15) is 0 Å². The molecule has 2 heteroatoms. The molecule has 0 amide bonds. The molecule has 4 fully saturated rings. The Balaban J connectivity index is 1.75. The van der Waals surface area contributed by atoms with Crippen molar-refractivity contribution in [2.75, 3.05) is 0 Å². The monoisotopic (exact) mass is 289 g/mol. The minimum absolute atomic E-state index is 0.423. The van der Waals surface area contributed by atoms with Crippen molar-refractivity contribution in [3.63, 3.8) is 0 Å². The van der Waals surface area contributed by atoms with Crippen molar-refractivity contribution in [1.29, 1.82) is 0 Å². The molecule has 2 nitrogen and oxygen atoms in total. The van der Waals surface area contributed by atoms with Crippen molar-refractivity contribution in [2.24, 2.45) is 39.7 Å². The van der Waals surface area contributed by atoms with Crippen LogP contribution in [0.5, 0.6) is 0 Å². The quantitative estimate of drug-likeness (QED) is 0.479. The number of hydrogen-bond donors (Lipinski definition) is 1. The van der Waals surface area contributed by atoms with E-state index in [0.29, 0.717) is 16.7 Å². The van der Waals surface area contributed by atoms with Gasteiger partial charge in [0.1, 0.15) is 0 Å². The minimum Gasteiger partial charge on any atom is -0.411 e. The molecule has 6 atom stereocenters. The predicted octanol–water partition coefficient (Wildman–Crippen LogP) is 5.25. The van der Waals surface area contributed by atoms with E-state index < -0.39 is 0 Å².